The number of amides is 1. The molecule has 5 aromatic rings. The summed E-state index contributed by atoms with van der Waals surface area (Å²) in [5.41, 5.74) is 4.43. The van der Waals surface area contributed by atoms with Gasteiger partial charge in [-0.15, -0.1) is 0 Å². The molecule has 1 amide bonds. The zero-order valence-electron chi connectivity index (χ0n) is 24.2. The quantitative estimate of drug-likeness (QED) is 0.219. The molecule has 6 rings (SSSR count). The van der Waals surface area contributed by atoms with Crippen LogP contribution in [0.2, 0.25) is 0 Å². The lowest BCUT2D eigenvalue weighted by atomic mass is 9.94. The average Bonchev–Trinajstić information content (AvgIpc) is 3.36. The van der Waals surface area contributed by atoms with Crippen molar-refractivity contribution in [2.75, 3.05) is 18.4 Å². The van der Waals surface area contributed by atoms with E-state index in [-0.39, 0.29) is 12.0 Å². The summed E-state index contributed by atoms with van der Waals surface area (Å²) < 4.78 is 14.1. The number of hydrogen-bond acceptors (Lipinski definition) is 7. The number of likely N-dealkylation sites (tertiary alicyclic amines) is 1. The van der Waals surface area contributed by atoms with Crippen LogP contribution in [-0.4, -0.2) is 55.0 Å². The first kappa shape index (κ1) is 28.0. The van der Waals surface area contributed by atoms with Crippen LogP contribution in [0, 0.1) is 5.92 Å². The molecule has 0 spiro atoms. The highest BCUT2D eigenvalue weighted by Gasteiger charge is 2.29. The van der Waals surface area contributed by atoms with E-state index in [0.29, 0.717) is 43.8 Å². The van der Waals surface area contributed by atoms with Gasteiger partial charge in [-0.25, -0.2) is 9.78 Å². The second kappa shape index (κ2) is 12.4. The number of nitrogens with zero attached hydrogens (tertiary/aromatic N) is 5. The third kappa shape index (κ3) is 6.38. The molecule has 1 aliphatic rings. The first-order valence-corrected chi connectivity index (χ1v) is 14.4. The maximum absolute atomic E-state index is 11.4. The molecular weight excluding hydrogens is 544 g/mol. The minimum atomic E-state index is -0.871. The number of aryl methyl sites for hydroxylation is 1. The number of rotatable bonds is 9. The largest absolute Gasteiger partial charge is 0.473 e. The number of carbonyl (C=O) groups is 1. The van der Waals surface area contributed by atoms with Crippen molar-refractivity contribution in [3.8, 4) is 23.0 Å². The van der Waals surface area contributed by atoms with Gasteiger partial charge in [0.1, 0.15) is 24.7 Å². The fourth-order valence-corrected chi connectivity index (χ4v) is 5.41. The Morgan fingerprint density at radius 1 is 1.00 bits per heavy atom. The summed E-state index contributed by atoms with van der Waals surface area (Å²) in [7, 11) is 1.90. The number of pyridine rings is 2. The standard InChI is InChI=1S/C33H34N6O4/c1-22-19-39(33(40)41)16-15-27(22)35-29-17-28-26(18-34-29)31(37-38(28)2)25-13-14-30(42-20-23-9-5-3-6-10-23)36-32(25)43-21-24-11-7-4-8-12-24/h3-14,17-18,22,27H,15-16,19-21H2,1-2H3,(H,34,35)(H,40,41)/t22-,27-/m1/s1. The summed E-state index contributed by atoms with van der Waals surface area (Å²) >= 11 is 0. The third-order valence-electron chi connectivity index (χ3n) is 7.78. The third-order valence-corrected chi connectivity index (χ3v) is 7.78. The Labute approximate surface area is 249 Å². The van der Waals surface area contributed by atoms with Crippen LogP contribution in [-0.2, 0) is 20.3 Å². The van der Waals surface area contributed by atoms with Gasteiger partial charge in [0.2, 0.25) is 11.8 Å². The van der Waals surface area contributed by atoms with E-state index in [1.165, 1.54) is 4.90 Å². The van der Waals surface area contributed by atoms with E-state index in [9.17, 15) is 9.90 Å². The molecule has 0 saturated carbocycles. The van der Waals surface area contributed by atoms with Crippen molar-refractivity contribution in [3.05, 3.63) is 96.2 Å². The Kier molecular flexibility index (Phi) is 8.08. The molecule has 10 nitrogen and oxygen atoms in total. The van der Waals surface area contributed by atoms with Gasteiger partial charge in [0, 0.05) is 49.9 Å². The van der Waals surface area contributed by atoms with Crippen molar-refractivity contribution < 1.29 is 19.4 Å². The number of aromatic nitrogens is 4. The van der Waals surface area contributed by atoms with Crippen LogP contribution in [0.25, 0.3) is 22.2 Å². The lowest BCUT2D eigenvalue weighted by Gasteiger charge is -2.36. The smallest absolute Gasteiger partial charge is 0.407 e. The first-order chi connectivity index (χ1) is 20.9. The minimum absolute atomic E-state index is 0.124. The van der Waals surface area contributed by atoms with Gasteiger partial charge in [0.25, 0.3) is 0 Å². The SMILES string of the molecule is C[C@@H]1CN(C(=O)O)CC[C@H]1Nc1cc2c(cn1)c(-c1ccc(OCc3ccccc3)nc1OCc1ccccc1)nn2C. The number of benzene rings is 2. The van der Waals surface area contributed by atoms with E-state index in [4.69, 9.17) is 24.5 Å². The van der Waals surface area contributed by atoms with Crippen LogP contribution in [0.5, 0.6) is 11.8 Å². The van der Waals surface area contributed by atoms with Crippen molar-refractivity contribution >= 4 is 22.8 Å². The summed E-state index contributed by atoms with van der Waals surface area (Å²) in [6.07, 6.45) is 1.67. The highest BCUT2D eigenvalue weighted by Crippen LogP contribution is 2.36. The second-order valence-electron chi connectivity index (χ2n) is 10.9. The Morgan fingerprint density at radius 2 is 1.70 bits per heavy atom. The molecule has 3 aromatic heterocycles. The number of fused-ring (bicyclic) bond motifs is 1. The Balaban J connectivity index is 1.27. The molecule has 10 heteroatoms. The van der Waals surface area contributed by atoms with Crippen molar-refractivity contribution in [2.24, 2.45) is 13.0 Å². The van der Waals surface area contributed by atoms with Gasteiger partial charge in [-0.2, -0.15) is 10.1 Å². The topological polar surface area (TPSA) is 115 Å². The molecule has 0 unspecified atom stereocenters. The van der Waals surface area contributed by atoms with E-state index in [0.717, 1.165) is 39.8 Å². The minimum Gasteiger partial charge on any atom is -0.473 e. The fourth-order valence-electron chi connectivity index (χ4n) is 5.41. The maximum Gasteiger partial charge on any atom is 0.407 e. The molecule has 0 bridgehead atoms. The van der Waals surface area contributed by atoms with Crippen LogP contribution in [0.4, 0.5) is 10.6 Å². The van der Waals surface area contributed by atoms with Gasteiger partial charge in [0.15, 0.2) is 0 Å². The predicted octanol–water partition coefficient (Wildman–Crippen LogP) is 5.99. The molecule has 2 atom stereocenters. The summed E-state index contributed by atoms with van der Waals surface area (Å²) in [6.45, 7) is 3.79. The van der Waals surface area contributed by atoms with Crippen LogP contribution < -0.4 is 14.8 Å². The summed E-state index contributed by atoms with van der Waals surface area (Å²) in [5, 5.41) is 18.6. The van der Waals surface area contributed by atoms with E-state index < -0.39 is 6.09 Å². The Bertz CT molecular complexity index is 1710. The van der Waals surface area contributed by atoms with Gasteiger partial charge in [-0.05, 0) is 29.5 Å². The van der Waals surface area contributed by atoms with Crippen LogP contribution >= 0.6 is 0 Å². The van der Waals surface area contributed by atoms with Gasteiger partial charge in [-0.1, -0.05) is 67.6 Å². The lowest BCUT2D eigenvalue weighted by molar-refractivity contribution is 0.119. The number of nitrogens with one attached hydrogen (secondary N) is 1. The maximum atomic E-state index is 11.4. The normalized spacial score (nSPS) is 16.7. The van der Waals surface area contributed by atoms with Gasteiger partial charge < -0.3 is 24.8 Å². The second-order valence-corrected chi connectivity index (χ2v) is 10.9. The monoisotopic (exact) mass is 578 g/mol. The number of piperidine rings is 1. The van der Waals surface area contributed by atoms with Crippen LogP contribution in [0.15, 0.2) is 85.1 Å². The predicted molar refractivity (Wildman–Crippen MR) is 164 cm³/mol. The van der Waals surface area contributed by atoms with Gasteiger partial charge >= 0.3 is 6.09 Å². The summed E-state index contributed by atoms with van der Waals surface area (Å²) in [6, 6.07) is 25.8. The number of hydrogen-bond donors (Lipinski definition) is 2. The van der Waals surface area contributed by atoms with E-state index in [1.54, 1.807) is 0 Å². The lowest BCUT2D eigenvalue weighted by Crippen LogP contribution is -2.47. The molecule has 2 N–H and O–H groups in total. The Morgan fingerprint density at radius 3 is 2.37 bits per heavy atom. The fraction of sp³-hybridized carbons (Fsp3) is 0.273. The molecule has 0 aliphatic carbocycles. The molecule has 43 heavy (non-hydrogen) atoms. The highest BCUT2D eigenvalue weighted by molar-refractivity contribution is 5.95. The van der Waals surface area contributed by atoms with Crippen LogP contribution in [0.1, 0.15) is 24.5 Å². The number of ether oxygens (including phenoxy) is 2. The van der Waals surface area contributed by atoms with Crippen LogP contribution in [0.3, 0.4) is 0 Å². The molecule has 2 aromatic carbocycles. The number of anilines is 1. The van der Waals surface area contributed by atoms with Crippen molar-refractivity contribution in [3.63, 3.8) is 0 Å². The Hall–Kier alpha value is -5.12. The van der Waals surface area contributed by atoms with Gasteiger partial charge in [-0.3, -0.25) is 4.68 Å². The molecule has 220 valence electrons. The first-order valence-electron chi connectivity index (χ1n) is 14.4. The molecule has 1 saturated heterocycles. The number of carboxylic acid groups (broad SMARTS) is 1. The van der Waals surface area contributed by atoms with Crippen molar-refractivity contribution in [2.45, 2.75) is 32.6 Å². The van der Waals surface area contributed by atoms with E-state index in [2.05, 4.69) is 12.2 Å². The molecule has 1 fully saturated rings. The van der Waals surface area contributed by atoms with Gasteiger partial charge in [0.05, 0.1) is 11.1 Å². The highest BCUT2D eigenvalue weighted by atomic mass is 16.5. The average molecular weight is 579 g/mol. The molecule has 4 heterocycles. The van der Waals surface area contributed by atoms with Crippen molar-refractivity contribution in [1.29, 1.82) is 0 Å². The summed E-state index contributed by atoms with van der Waals surface area (Å²) in [4.78, 5) is 22.3. The van der Waals surface area contributed by atoms with E-state index in [1.807, 2.05) is 96.8 Å². The molecule has 1 aliphatic heterocycles. The van der Waals surface area contributed by atoms with Crippen molar-refractivity contribution in [1.82, 2.24) is 24.6 Å². The molecular formula is C33H34N6O4. The molecule has 0 radical (unpaired) electrons. The zero-order valence-corrected chi connectivity index (χ0v) is 24.2. The zero-order chi connectivity index (χ0) is 29.8. The summed E-state index contributed by atoms with van der Waals surface area (Å²) in [5.74, 6) is 1.77. The van der Waals surface area contributed by atoms with E-state index >= 15 is 0 Å².